The van der Waals surface area contributed by atoms with Crippen LogP contribution in [0.15, 0.2) is 29.3 Å². The number of nitrogens with two attached hydrogens (primary N) is 1. The minimum absolute atomic E-state index is 0.0956. The molecule has 1 spiro atoms. The summed E-state index contributed by atoms with van der Waals surface area (Å²) >= 11 is 6.00. The maximum atomic E-state index is 6.19. The molecular weight excluding hydrogens is 270 g/mol. The SMILES string of the molecule is NC1=NCC2(CCCCCCC2)N1c1ccc(Cl)cc1. The molecular formula is C16H22ClN3. The van der Waals surface area contributed by atoms with Crippen molar-refractivity contribution in [3.8, 4) is 0 Å². The Bertz CT molecular complexity index is 487. The predicted octanol–water partition coefficient (Wildman–Crippen LogP) is 3.96. The van der Waals surface area contributed by atoms with Gasteiger partial charge in [0.05, 0.1) is 12.1 Å². The molecule has 1 fully saturated rings. The minimum Gasteiger partial charge on any atom is -0.369 e. The number of aliphatic imine (C=N–C) groups is 1. The van der Waals surface area contributed by atoms with Gasteiger partial charge in [-0.25, -0.2) is 0 Å². The molecule has 1 aromatic carbocycles. The van der Waals surface area contributed by atoms with Crippen LogP contribution in [0.5, 0.6) is 0 Å². The molecule has 0 saturated heterocycles. The Balaban J connectivity index is 1.91. The van der Waals surface area contributed by atoms with Gasteiger partial charge in [0.15, 0.2) is 5.96 Å². The van der Waals surface area contributed by atoms with Gasteiger partial charge in [0.25, 0.3) is 0 Å². The molecule has 2 aliphatic rings. The Morgan fingerprint density at radius 3 is 2.25 bits per heavy atom. The van der Waals surface area contributed by atoms with Crippen LogP contribution < -0.4 is 10.6 Å². The van der Waals surface area contributed by atoms with Crippen molar-refractivity contribution in [1.82, 2.24) is 0 Å². The first-order chi connectivity index (χ1) is 9.71. The van der Waals surface area contributed by atoms with E-state index in [1.165, 1.54) is 44.9 Å². The molecule has 0 atom stereocenters. The number of nitrogens with zero attached hydrogens (tertiary/aromatic N) is 2. The number of hydrogen-bond acceptors (Lipinski definition) is 3. The van der Waals surface area contributed by atoms with Gasteiger partial charge >= 0.3 is 0 Å². The summed E-state index contributed by atoms with van der Waals surface area (Å²) in [6.07, 6.45) is 8.93. The largest absolute Gasteiger partial charge is 0.369 e. The molecule has 3 nitrogen and oxygen atoms in total. The molecule has 3 rings (SSSR count). The number of anilines is 1. The van der Waals surface area contributed by atoms with Crippen molar-refractivity contribution in [1.29, 1.82) is 0 Å². The highest BCUT2D eigenvalue weighted by atomic mass is 35.5. The van der Waals surface area contributed by atoms with E-state index in [1.54, 1.807) is 0 Å². The van der Waals surface area contributed by atoms with Crippen LogP contribution in [0.2, 0.25) is 5.02 Å². The van der Waals surface area contributed by atoms with Crippen LogP contribution in [0.25, 0.3) is 0 Å². The average Bonchev–Trinajstić information content (AvgIpc) is 2.74. The zero-order chi connectivity index (χ0) is 14.0. The number of guanidine groups is 1. The van der Waals surface area contributed by atoms with Crippen molar-refractivity contribution in [2.45, 2.75) is 50.5 Å². The van der Waals surface area contributed by atoms with E-state index in [1.807, 2.05) is 12.1 Å². The summed E-state index contributed by atoms with van der Waals surface area (Å²) in [4.78, 5) is 6.81. The van der Waals surface area contributed by atoms with E-state index in [-0.39, 0.29) is 5.54 Å². The molecule has 0 amide bonds. The Labute approximate surface area is 125 Å². The van der Waals surface area contributed by atoms with E-state index in [2.05, 4.69) is 22.0 Å². The van der Waals surface area contributed by atoms with Crippen molar-refractivity contribution in [2.24, 2.45) is 10.7 Å². The fourth-order valence-electron chi connectivity index (χ4n) is 3.55. The maximum Gasteiger partial charge on any atom is 0.196 e. The van der Waals surface area contributed by atoms with Gasteiger partial charge in [-0.1, -0.05) is 43.7 Å². The lowest BCUT2D eigenvalue weighted by Crippen LogP contribution is -2.52. The van der Waals surface area contributed by atoms with Crippen molar-refractivity contribution in [2.75, 3.05) is 11.4 Å². The zero-order valence-electron chi connectivity index (χ0n) is 11.8. The van der Waals surface area contributed by atoms with Crippen molar-refractivity contribution in [3.63, 3.8) is 0 Å². The quantitative estimate of drug-likeness (QED) is 0.851. The van der Waals surface area contributed by atoms with Crippen LogP contribution >= 0.6 is 11.6 Å². The van der Waals surface area contributed by atoms with Crippen LogP contribution in [-0.2, 0) is 0 Å². The molecule has 4 heteroatoms. The number of rotatable bonds is 1. The van der Waals surface area contributed by atoms with E-state index in [4.69, 9.17) is 17.3 Å². The molecule has 0 bridgehead atoms. The Morgan fingerprint density at radius 1 is 1.00 bits per heavy atom. The van der Waals surface area contributed by atoms with Crippen molar-refractivity contribution in [3.05, 3.63) is 29.3 Å². The summed E-state index contributed by atoms with van der Waals surface area (Å²) in [6, 6.07) is 7.96. The summed E-state index contributed by atoms with van der Waals surface area (Å²) in [5.41, 5.74) is 7.40. The highest BCUT2D eigenvalue weighted by Gasteiger charge is 2.42. The molecule has 20 heavy (non-hydrogen) atoms. The third-order valence-corrected chi connectivity index (χ3v) is 4.86. The number of halogens is 1. The number of benzene rings is 1. The summed E-state index contributed by atoms with van der Waals surface area (Å²) in [5, 5.41) is 0.759. The topological polar surface area (TPSA) is 41.6 Å². The second kappa shape index (κ2) is 5.65. The summed E-state index contributed by atoms with van der Waals surface area (Å²) in [5.74, 6) is 0.660. The Morgan fingerprint density at radius 2 is 1.60 bits per heavy atom. The first kappa shape index (κ1) is 13.7. The first-order valence-corrected chi connectivity index (χ1v) is 7.95. The van der Waals surface area contributed by atoms with Gasteiger partial charge in [0.1, 0.15) is 0 Å². The first-order valence-electron chi connectivity index (χ1n) is 7.57. The fourth-order valence-corrected chi connectivity index (χ4v) is 3.68. The summed E-state index contributed by atoms with van der Waals surface area (Å²) in [7, 11) is 0. The van der Waals surface area contributed by atoms with Gasteiger partial charge in [-0.2, -0.15) is 0 Å². The number of hydrogen-bond donors (Lipinski definition) is 1. The van der Waals surface area contributed by atoms with Crippen molar-refractivity contribution < 1.29 is 0 Å². The zero-order valence-corrected chi connectivity index (χ0v) is 12.6. The molecule has 1 heterocycles. The molecule has 0 unspecified atom stereocenters. The molecule has 1 aromatic rings. The van der Waals surface area contributed by atoms with Crippen molar-refractivity contribution >= 4 is 23.2 Å². The second-order valence-corrected chi connectivity index (χ2v) is 6.41. The minimum atomic E-state index is 0.0956. The maximum absolute atomic E-state index is 6.19. The lowest BCUT2D eigenvalue weighted by Gasteiger charge is -2.40. The molecule has 1 saturated carbocycles. The van der Waals surface area contributed by atoms with Crippen LogP contribution in [-0.4, -0.2) is 18.0 Å². The van der Waals surface area contributed by atoms with Crippen LogP contribution in [0.3, 0.4) is 0 Å². The lowest BCUT2D eigenvalue weighted by atomic mass is 9.83. The predicted molar refractivity (Wildman–Crippen MR) is 85.5 cm³/mol. The molecule has 2 N–H and O–H groups in total. The average molecular weight is 292 g/mol. The van der Waals surface area contributed by atoms with E-state index in [9.17, 15) is 0 Å². The third-order valence-electron chi connectivity index (χ3n) is 4.61. The summed E-state index contributed by atoms with van der Waals surface area (Å²) in [6.45, 7) is 0.835. The molecule has 0 aromatic heterocycles. The standard InChI is InChI=1S/C16H22ClN3/c17-13-6-8-14(9-7-13)20-15(18)19-12-16(20)10-4-2-1-3-5-11-16/h6-9H,1-5,10-12H2,(H2,18,19). The molecule has 1 aliphatic carbocycles. The molecule has 1 aliphatic heterocycles. The van der Waals surface area contributed by atoms with Gasteiger partial charge < -0.3 is 10.6 Å². The van der Waals surface area contributed by atoms with E-state index in [0.717, 1.165) is 17.3 Å². The van der Waals surface area contributed by atoms with Gasteiger partial charge in [0.2, 0.25) is 0 Å². The molecule has 0 radical (unpaired) electrons. The monoisotopic (exact) mass is 291 g/mol. The third kappa shape index (κ3) is 2.51. The Kier molecular flexibility index (Phi) is 3.88. The van der Waals surface area contributed by atoms with E-state index >= 15 is 0 Å². The molecule has 108 valence electrons. The van der Waals surface area contributed by atoms with Gasteiger partial charge in [-0.15, -0.1) is 0 Å². The highest BCUT2D eigenvalue weighted by molar-refractivity contribution is 6.30. The fraction of sp³-hybridized carbons (Fsp3) is 0.562. The second-order valence-electron chi connectivity index (χ2n) is 5.98. The van der Waals surface area contributed by atoms with Gasteiger partial charge in [-0.05, 0) is 37.1 Å². The summed E-state index contributed by atoms with van der Waals surface area (Å²) < 4.78 is 0. The Hall–Kier alpha value is -1.22. The van der Waals surface area contributed by atoms with Gasteiger partial charge in [-0.3, -0.25) is 4.99 Å². The van der Waals surface area contributed by atoms with Crippen LogP contribution in [0.1, 0.15) is 44.9 Å². The van der Waals surface area contributed by atoms with Crippen LogP contribution in [0.4, 0.5) is 5.69 Å². The van der Waals surface area contributed by atoms with Crippen LogP contribution in [0, 0.1) is 0 Å². The normalized spacial score (nSPS) is 22.4. The van der Waals surface area contributed by atoms with Gasteiger partial charge in [0, 0.05) is 10.7 Å². The van der Waals surface area contributed by atoms with E-state index < -0.39 is 0 Å². The highest BCUT2D eigenvalue weighted by Crippen LogP contribution is 2.38. The van der Waals surface area contributed by atoms with E-state index in [0.29, 0.717) is 5.96 Å². The lowest BCUT2D eigenvalue weighted by molar-refractivity contribution is 0.337. The smallest absolute Gasteiger partial charge is 0.196 e.